The Balaban J connectivity index is 1.81. The Hall–Kier alpha value is -0.930. The molecule has 2 rings (SSSR count). The molecule has 7 N–H and O–H groups in total. The van der Waals surface area contributed by atoms with Crippen LogP contribution in [0.4, 0.5) is 0 Å². The highest BCUT2D eigenvalue weighted by molar-refractivity contribution is 5.69. The minimum Gasteiger partial charge on any atom is -0.433 e. The van der Waals surface area contributed by atoms with Gasteiger partial charge in [-0.05, 0) is 6.42 Å². The molecule has 0 saturated carbocycles. The third kappa shape index (κ3) is 8.83. The largest absolute Gasteiger partial charge is 0.433 e. The lowest BCUT2D eigenvalue weighted by molar-refractivity contribution is -0.355. The summed E-state index contributed by atoms with van der Waals surface area (Å²) in [4.78, 5) is 12.2. The smallest absolute Gasteiger partial charge is 0.308 e. The second kappa shape index (κ2) is 16.1. The second-order valence-electron chi connectivity index (χ2n) is 9.57. The van der Waals surface area contributed by atoms with Gasteiger partial charge in [0.1, 0.15) is 48.8 Å². The molecular weight excluding hydrogens is 480 g/mol. The molecule has 10 atom stereocenters. The lowest BCUT2D eigenvalue weighted by Gasteiger charge is -2.45. The van der Waals surface area contributed by atoms with E-state index in [9.17, 15) is 40.5 Å². The SMILES string of the molecule is CCCCCCCCCCCC(=O)O[C@@H]1OC(CO)[C@@H](O[C@H]2O[C@H](CO)[C@@H](O)[C@H](O)[C@H]2O)C(O)[C@H]1O. The van der Waals surface area contributed by atoms with Crippen molar-refractivity contribution >= 4 is 5.97 Å². The maximum atomic E-state index is 12.2. The van der Waals surface area contributed by atoms with Gasteiger partial charge in [-0.1, -0.05) is 58.3 Å². The van der Waals surface area contributed by atoms with Gasteiger partial charge in [-0.25, -0.2) is 0 Å². The predicted molar refractivity (Wildman–Crippen MR) is 124 cm³/mol. The Morgan fingerprint density at radius 3 is 1.78 bits per heavy atom. The molecule has 12 nitrogen and oxygen atoms in total. The van der Waals surface area contributed by atoms with E-state index < -0.39 is 80.6 Å². The molecule has 12 heteroatoms. The van der Waals surface area contributed by atoms with Crippen LogP contribution in [0.15, 0.2) is 0 Å². The standard InChI is InChI=1S/C24H44O12/c1-2-3-4-5-6-7-8-9-10-11-16(27)35-23-21(32)19(30)22(15(13-26)34-23)36-24-20(31)18(29)17(28)14(12-25)33-24/h14-15,17-26,28-32H,2-13H2,1H3/t14-,15?,17-,18+,19?,20-,21-,22-,23+,24-/m1/s1. The molecule has 2 aliphatic heterocycles. The number of esters is 1. The van der Waals surface area contributed by atoms with Crippen molar-refractivity contribution < 1.29 is 59.5 Å². The predicted octanol–water partition coefficient (Wildman–Crippen LogP) is -0.925. The first kappa shape index (κ1) is 31.3. The Labute approximate surface area is 211 Å². The van der Waals surface area contributed by atoms with E-state index in [4.69, 9.17) is 18.9 Å². The molecule has 0 spiro atoms. The summed E-state index contributed by atoms with van der Waals surface area (Å²) in [5.41, 5.74) is 0. The van der Waals surface area contributed by atoms with Crippen LogP contribution in [-0.2, 0) is 23.7 Å². The molecule has 36 heavy (non-hydrogen) atoms. The van der Waals surface area contributed by atoms with Crippen LogP contribution in [0.1, 0.15) is 71.1 Å². The fourth-order valence-electron chi connectivity index (χ4n) is 4.42. The summed E-state index contributed by atoms with van der Waals surface area (Å²) in [5.74, 6) is -0.612. The minimum atomic E-state index is -1.75. The van der Waals surface area contributed by atoms with Crippen molar-refractivity contribution in [1.82, 2.24) is 0 Å². The van der Waals surface area contributed by atoms with E-state index in [0.717, 1.165) is 19.3 Å². The second-order valence-corrected chi connectivity index (χ2v) is 9.57. The van der Waals surface area contributed by atoms with Gasteiger partial charge in [-0.15, -0.1) is 0 Å². The zero-order valence-corrected chi connectivity index (χ0v) is 20.9. The van der Waals surface area contributed by atoms with E-state index in [1.54, 1.807) is 0 Å². The van der Waals surface area contributed by atoms with Crippen LogP contribution in [0.25, 0.3) is 0 Å². The van der Waals surface area contributed by atoms with E-state index in [0.29, 0.717) is 6.42 Å². The van der Waals surface area contributed by atoms with Crippen LogP contribution in [0.5, 0.6) is 0 Å². The van der Waals surface area contributed by atoms with Gasteiger partial charge in [0.05, 0.1) is 13.2 Å². The average molecular weight is 525 g/mol. The highest BCUT2D eigenvalue weighted by Gasteiger charge is 2.51. The van der Waals surface area contributed by atoms with Gasteiger partial charge < -0.3 is 54.7 Å². The van der Waals surface area contributed by atoms with E-state index >= 15 is 0 Å². The summed E-state index contributed by atoms with van der Waals surface area (Å²) in [6.45, 7) is 0.799. The summed E-state index contributed by atoms with van der Waals surface area (Å²) in [5, 5.41) is 70.0. The van der Waals surface area contributed by atoms with Gasteiger partial charge >= 0.3 is 5.97 Å². The van der Waals surface area contributed by atoms with Crippen molar-refractivity contribution in [3.63, 3.8) is 0 Å². The maximum absolute atomic E-state index is 12.2. The van der Waals surface area contributed by atoms with Crippen molar-refractivity contribution in [3.8, 4) is 0 Å². The number of carbonyl (C=O) groups is 1. The number of aliphatic hydroxyl groups is 7. The number of hydrogen-bond donors (Lipinski definition) is 7. The van der Waals surface area contributed by atoms with Crippen LogP contribution >= 0.6 is 0 Å². The van der Waals surface area contributed by atoms with Gasteiger partial charge in [0.2, 0.25) is 6.29 Å². The van der Waals surface area contributed by atoms with E-state index in [-0.39, 0.29) is 6.42 Å². The molecule has 0 amide bonds. The van der Waals surface area contributed by atoms with Gasteiger partial charge in [-0.2, -0.15) is 0 Å². The first-order valence-electron chi connectivity index (χ1n) is 13.0. The molecule has 0 aromatic carbocycles. The Kier molecular flexibility index (Phi) is 14.0. The van der Waals surface area contributed by atoms with Crippen LogP contribution in [0.3, 0.4) is 0 Å². The van der Waals surface area contributed by atoms with Gasteiger partial charge in [0.25, 0.3) is 0 Å². The molecule has 2 aliphatic rings. The van der Waals surface area contributed by atoms with Gasteiger partial charge in [0.15, 0.2) is 6.29 Å². The first-order valence-corrected chi connectivity index (χ1v) is 13.0. The Bertz CT molecular complexity index is 618. The summed E-state index contributed by atoms with van der Waals surface area (Å²) in [6, 6.07) is 0. The van der Waals surface area contributed by atoms with Crippen LogP contribution in [0.2, 0.25) is 0 Å². The minimum absolute atomic E-state index is 0.118. The van der Waals surface area contributed by atoms with Crippen LogP contribution in [0, 0.1) is 0 Å². The zero-order valence-electron chi connectivity index (χ0n) is 20.9. The van der Waals surface area contributed by atoms with Crippen molar-refractivity contribution in [2.24, 2.45) is 0 Å². The lowest BCUT2D eigenvalue weighted by Crippen LogP contribution is -2.64. The molecule has 0 aromatic heterocycles. The maximum Gasteiger partial charge on any atom is 0.308 e. The molecule has 2 unspecified atom stereocenters. The molecular formula is C24H44O12. The third-order valence-electron chi connectivity index (χ3n) is 6.69. The fraction of sp³-hybridized carbons (Fsp3) is 0.958. The molecule has 2 heterocycles. The van der Waals surface area contributed by atoms with Crippen LogP contribution < -0.4 is 0 Å². The summed E-state index contributed by atoms with van der Waals surface area (Å²) in [7, 11) is 0. The zero-order chi connectivity index (χ0) is 26.7. The first-order chi connectivity index (χ1) is 17.2. The summed E-state index contributed by atoms with van der Waals surface area (Å²) >= 11 is 0. The molecule has 0 bridgehead atoms. The van der Waals surface area contributed by atoms with Gasteiger partial charge in [0, 0.05) is 6.42 Å². The van der Waals surface area contributed by atoms with E-state index in [1.807, 2.05) is 0 Å². The van der Waals surface area contributed by atoms with Crippen LogP contribution in [-0.4, -0.2) is 116 Å². The topological polar surface area (TPSA) is 196 Å². The van der Waals surface area contributed by atoms with Crippen molar-refractivity contribution in [1.29, 1.82) is 0 Å². The number of unbranched alkanes of at least 4 members (excludes halogenated alkanes) is 8. The Morgan fingerprint density at radius 1 is 0.667 bits per heavy atom. The lowest BCUT2D eigenvalue weighted by atomic mass is 9.97. The normalized spacial score (nSPS) is 37.1. The van der Waals surface area contributed by atoms with Crippen molar-refractivity contribution in [3.05, 3.63) is 0 Å². The number of aliphatic hydroxyl groups excluding tert-OH is 7. The molecule has 0 aromatic rings. The summed E-state index contributed by atoms with van der Waals surface area (Å²) < 4.78 is 21.4. The Morgan fingerprint density at radius 2 is 1.19 bits per heavy atom. The fourth-order valence-corrected chi connectivity index (χ4v) is 4.42. The van der Waals surface area contributed by atoms with Crippen molar-refractivity contribution in [2.45, 2.75) is 133 Å². The number of carbonyl (C=O) groups excluding carboxylic acids is 1. The molecule has 0 radical (unpaired) electrons. The highest BCUT2D eigenvalue weighted by Crippen LogP contribution is 2.29. The third-order valence-corrected chi connectivity index (χ3v) is 6.69. The summed E-state index contributed by atoms with van der Waals surface area (Å²) in [6.07, 6.45) is -5.78. The number of rotatable bonds is 15. The average Bonchev–Trinajstić information content (AvgIpc) is 2.87. The molecule has 0 aliphatic carbocycles. The molecule has 2 fully saturated rings. The van der Waals surface area contributed by atoms with Crippen molar-refractivity contribution in [2.75, 3.05) is 13.2 Å². The molecule has 2 saturated heterocycles. The highest BCUT2D eigenvalue weighted by atomic mass is 16.7. The number of hydrogen-bond acceptors (Lipinski definition) is 12. The quantitative estimate of drug-likeness (QED) is 0.103. The van der Waals surface area contributed by atoms with E-state index in [2.05, 4.69) is 6.92 Å². The van der Waals surface area contributed by atoms with E-state index in [1.165, 1.54) is 32.1 Å². The molecule has 212 valence electrons. The van der Waals surface area contributed by atoms with Gasteiger partial charge in [-0.3, -0.25) is 4.79 Å². The number of ether oxygens (including phenoxy) is 4. The monoisotopic (exact) mass is 524 g/mol.